The number of anilines is 1. The van der Waals surface area contributed by atoms with Gasteiger partial charge in [0.1, 0.15) is 0 Å². The first kappa shape index (κ1) is 23.4. The van der Waals surface area contributed by atoms with Crippen LogP contribution in [0.3, 0.4) is 0 Å². The molecule has 0 aliphatic heterocycles. The number of nitrogens with zero attached hydrogens (tertiary/aromatic N) is 2. The maximum absolute atomic E-state index is 12.8. The minimum atomic E-state index is -0.736. The van der Waals surface area contributed by atoms with Crippen LogP contribution < -0.4 is 16.4 Å². The number of aromatic nitrogens is 3. The smallest absolute Gasteiger partial charge is 0.255 e. The van der Waals surface area contributed by atoms with Crippen LogP contribution >= 0.6 is 11.6 Å². The molecule has 0 spiro atoms. The van der Waals surface area contributed by atoms with Crippen LogP contribution in [0.2, 0.25) is 5.02 Å². The van der Waals surface area contributed by atoms with Gasteiger partial charge in [0.2, 0.25) is 5.91 Å². The van der Waals surface area contributed by atoms with Gasteiger partial charge in [-0.3, -0.25) is 14.7 Å². The number of nitrogens with two attached hydrogens (primary N) is 1. The number of H-pyrrole nitrogens is 1. The third-order valence-electron chi connectivity index (χ3n) is 5.82. The Bertz CT molecular complexity index is 1320. The highest BCUT2D eigenvalue weighted by Gasteiger charge is 2.29. The van der Waals surface area contributed by atoms with Gasteiger partial charge in [-0.05, 0) is 55.3 Å². The first-order chi connectivity index (χ1) is 16.3. The summed E-state index contributed by atoms with van der Waals surface area (Å²) in [5, 5.41) is 13.9. The number of amides is 2. The molecule has 4 aromatic rings. The van der Waals surface area contributed by atoms with Crippen molar-refractivity contribution >= 4 is 40.1 Å². The van der Waals surface area contributed by atoms with Crippen LogP contribution in [0.1, 0.15) is 41.4 Å². The molecule has 1 unspecified atom stereocenters. The molecule has 0 fully saturated rings. The number of aromatic amines is 1. The fraction of sp³-hybridized carbons (Fsp3) is 0.200. The topological polar surface area (TPSA) is 126 Å². The summed E-state index contributed by atoms with van der Waals surface area (Å²) in [7, 11) is 0. The molecule has 0 bridgehead atoms. The Labute approximate surface area is 201 Å². The zero-order valence-electron chi connectivity index (χ0n) is 18.8. The number of rotatable bonds is 7. The molecule has 0 radical (unpaired) electrons. The number of halogens is 1. The van der Waals surface area contributed by atoms with Gasteiger partial charge >= 0.3 is 0 Å². The summed E-state index contributed by atoms with van der Waals surface area (Å²) < 4.78 is 0. The molecule has 2 amide bonds. The van der Waals surface area contributed by atoms with E-state index in [-0.39, 0.29) is 18.4 Å². The second-order valence-electron chi connectivity index (χ2n) is 8.52. The Hall–Kier alpha value is -3.75. The number of hydrogen-bond donors (Lipinski definition) is 4. The van der Waals surface area contributed by atoms with Crippen LogP contribution in [-0.4, -0.2) is 33.5 Å². The predicted octanol–water partition coefficient (Wildman–Crippen LogP) is 3.96. The van der Waals surface area contributed by atoms with Crippen LogP contribution in [0, 0.1) is 0 Å². The average molecular weight is 477 g/mol. The minimum Gasteiger partial charge on any atom is -0.353 e. The average Bonchev–Trinajstić information content (AvgIpc) is 3.32. The first-order valence-electron chi connectivity index (χ1n) is 10.7. The molecule has 5 N–H and O–H groups in total. The lowest BCUT2D eigenvalue weighted by atomic mass is 9.83. The third kappa shape index (κ3) is 4.93. The van der Waals surface area contributed by atoms with E-state index in [1.54, 1.807) is 54.9 Å². The van der Waals surface area contributed by atoms with Gasteiger partial charge in [-0.1, -0.05) is 35.9 Å². The van der Waals surface area contributed by atoms with Crippen molar-refractivity contribution in [2.75, 3.05) is 11.9 Å². The van der Waals surface area contributed by atoms with Crippen LogP contribution in [-0.2, 0) is 10.2 Å². The van der Waals surface area contributed by atoms with Crippen LogP contribution in [0.5, 0.6) is 0 Å². The zero-order valence-corrected chi connectivity index (χ0v) is 19.6. The van der Waals surface area contributed by atoms with Crippen molar-refractivity contribution < 1.29 is 9.59 Å². The largest absolute Gasteiger partial charge is 0.353 e. The van der Waals surface area contributed by atoms with E-state index in [2.05, 4.69) is 25.8 Å². The molecule has 2 aromatic heterocycles. The van der Waals surface area contributed by atoms with Crippen LogP contribution in [0.4, 0.5) is 5.69 Å². The number of carbonyl (C=O) groups excluding carboxylic acids is 2. The molecular formula is C25H25ClN6O2. The van der Waals surface area contributed by atoms with Gasteiger partial charge in [0.05, 0.1) is 22.7 Å². The second-order valence-corrected chi connectivity index (χ2v) is 8.95. The van der Waals surface area contributed by atoms with E-state index in [9.17, 15) is 9.59 Å². The lowest BCUT2D eigenvalue weighted by Gasteiger charge is -2.25. The molecule has 34 heavy (non-hydrogen) atoms. The summed E-state index contributed by atoms with van der Waals surface area (Å²) in [6.07, 6.45) is 3.21. The van der Waals surface area contributed by atoms with E-state index >= 15 is 0 Å². The molecule has 0 saturated carbocycles. The Balaban J connectivity index is 1.36. The highest BCUT2D eigenvalue weighted by atomic mass is 35.5. The number of fused-ring (bicyclic) bond motifs is 1. The number of nitrogens with one attached hydrogen (secondary N) is 3. The monoisotopic (exact) mass is 476 g/mol. The molecule has 4 rings (SSSR count). The molecule has 2 heterocycles. The number of carbonyl (C=O) groups is 2. The number of benzene rings is 2. The molecule has 0 saturated heterocycles. The Kier molecular flexibility index (Phi) is 6.63. The van der Waals surface area contributed by atoms with Crippen molar-refractivity contribution in [2.45, 2.75) is 25.3 Å². The summed E-state index contributed by atoms with van der Waals surface area (Å²) in [5.41, 5.74) is 8.93. The van der Waals surface area contributed by atoms with Gasteiger partial charge < -0.3 is 16.4 Å². The fourth-order valence-corrected chi connectivity index (χ4v) is 3.70. The molecular weight excluding hydrogens is 452 g/mol. The molecule has 0 aliphatic carbocycles. The van der Waals surface area contributed by atoms with E-state index < -0.39 is 11.5 Å². The standard InChI is InChI=1S/C25H25ClN6O2/c1-25(2,17-7-9-18(26)10-8-17)24(34)29-14-20(27)15-3-5-16(6-4-15)23(33)31-21-11-12-28-22-19(21)13-30-32-22/h3-13,20H,14,27H2,1-2H3,(H,29,34)(H2,28,30,31,32,33). The number of pyridine rings is 1. The summed E-state index contributed by atoms with van der Waals surface area (Å²) >= 11 is 5.95. The van der Waals surface area contributed by atoms with Crippen molar-refractivity contribution in [3.8, 4) is 0 Å². The molecule has 8 nitrogen and oxygen atoms in total. The van der Waals surface area contributed by atoms with Gasteiger partial charge in [-0.2, -0.15) is 5.10 Å². The first-order valence-corrected chi connectivity index (χ1v) is 11.1. The second kappa shape index (κ2) is 9.62. The summed E-state index contributed by atoms with van der Waals surface area (Å²) in [6.45, 7) is 3.96. The van der Waals surface area contributed by atoms with Crippen molar-refractivity contribution in [1.82, 2.24) is 20.5 Å². The molecule has 2 aromatic carbocycles. The normalized spacial score (nSPS) is 12.4. The Morgan fingerprint density at radius 3 is 2.50 bits per heavy atom. The molecule has 174 valence electrons. The zero-order chi connectivity index (χ0) is 24.3. The van der Waals surface area contributed by atoms with E-state index in [4.69, 9.17) is 17.3 Å². The van der Waals surface area contributed by atoms with Crippen LogP contribution in [0.25, 0.3) is 11.0 Å². The van der Waals surface area contributed by atoms with Gasteiger partial charge in [-0.15, -0.1) is 0 Å². The van der Waals surface area contributed by atoms with Crippen molar-refractivity contribution in [3.05, 3.63) is 88.7 Å². The van der Waals surface area contributed by atoms with Gasteiger partial charge in [-0.25, -0.2) is 4.98 Å². The highest BCUT2D eigenvalue weighted by Crippen LogP contribution is 2.25. The minimum absolute atomic E-state index is 0.135. The lowest BCUT2D eigenvalue weighted by Crippen LogP contribution is -2.42. The van der Waals surface area contributed by atoms with E-state index in [1.807, 2.05) is 26.0 Å². The molecule has 1 atom stereocenters. The Morgan fingerprint density at radius 1 is 1.09 bits per heavy atom. The van der Waals surface area contributed by atoms with Gasteiger partial charge in [0, 0.05) is 29.4 Å². The van der Waals surface area contributed by atoms with Gasteiger partial charge in [0.15, 0.2) is 5.65 Å². The summed E-state index contributed by atoms with van der Waals surface area (Å²) in [4.78, 5) is 29.7. The van der Waals surface area contributed by atoms with Crippen LogP contribution in [0.15, 0.2) is 67.0 Å². The van der Waals surface area contributed by atoms with Crippen molar-refractivity contribution in [2.24, 2.45) is 5.73 Å². The summed E-state index contributed by atoms with van der Waals surface area (Å²) in [5.74, 6) is -0.393. The van der Waals surface area contributed by atoms with Crippen molar-refractivity contribution in [3.63, 3.8) is 0 Å². The van der Waals surface area contributed by atoms with Gasteiger partial charge in [0.25, 0.3) is 5.91 Å². The van der Waals surface area contributed by atoms with E-state index in [1.165, 1.54) is 0 Å². The fourth-order valence-electron chi connectivity index (χ4n) is 3.58. The quantitative estimate of drug-likeness (QED) is 0.321. The summed E-state index contributed by atoms with van der Waals surface area (Å²) in [6, 6.07) is 15.5. The SMILES string of the molecule is CC(C)(C(=O)NCC(N)c1ccc(C(=O)Nc2ccnc3[nH]ncc23)cc1)c1ccc(Cl)cc1. The molecule has 0 aliphatic rings. The highest BCUT2D eigenvalue weighted by molar-refractivity contribution is 6.30. The maximum Gasteiger partial charge on any atom is 0.255 e. The third-order valence-corrected chi connectivity index (χ3v) is 6.07. The molecule has 9 heteroatoms. The Morgan fingerprint density at radius 2 is 1.79 bits per heavy atom. The lowest BCUT2D eigenvalue weighted by molar-refractivity contribution is -0.125. The predicted molar refractivity (Wildman–Crippen MR) is 133 cm³/mol. The van der Waals surface area contributed by atoms with E-state index in [0.29, 0.717) is 21.9 Å². The maximum atomic E-state index is 12.8. The van der Waals surface area contributed by atoms with Crippen molar-refractivity contribution in [1.29, 1.82) is 0 Å². The number of hydrogen-bond acceptors (Lipinski definition) is 5. The van der Waals surface area contributed by atoms with E-state index in [0.717, 1.165) is 16.5 Å².